The van der Waals surface area contributed by atoms with E-state index in [2.05, 4.69) is 10.5 Å². The van der Waals surface area contributed by atoms with Gasteiger partial charge in [0.05, 0.1) is 28.7 Å². The van der Waals surface area contributed by atoms with Crippen molar-refractivity contribution in [1.82, 2.24) is 0 Å². The van der Waals surface area contributed by atoms with Crippen LogP contribution in [-0.2, 0) is 0 Å². The molecule has 1 N–H and O–H groups in total. The first-order valence-electron chi connectivity index (χ1n) is 6.96. The molecular weight excluding hydrogens is 316 g/mol. The second kappa shape index (κ2) is 7.68. The maximum Gasteiger partial charge on any atom is 0.301 e. The Hall–Kier alpha value is -3.49. The lowest BCUT2D eigenvalue weighted by atomic mass is 10.2. The van der Waals surface area contributed by atoms with Gasteiger partial charge >= 0.3 is 5.69 Å². The Bertz CT molecular complexity index is 791. The third-order valence-corrected chi connectivity index (χ3v) is 3.00. The smallest absolute Gasteiger partial charge is 0.301 e. The van der Waals surface area contributed by atoms with E-state index in [1.807, 2.05) is 13.0 Å². The molecule has 9 nitrogen and oxygen atoms in total. The van der Waals surface area contributed by atoms with E-state index in [4.69, 9.17) is 4.74 Å². The molecule has 2 aromatic carbocycles. The summed E-state index contributed by atoms with van der Waals surface area (Å²) in [4.78, 5) is 20.3. The topological polar surface area (TPSA) is 120 Å². The standard InChI is InChI=1S/C15H14N4O5/c1-2-24-15-6-4-3-5-11(15)10-16-17-13-8-7-12(18(20)21)9-14(13)19(22)23/h3-10,17H,2H2,1H3/b16-10+. The van der Waals surface area contributed by atoms with Crippen molar-refractivity contribution in [2.75, 3.05) is 12.0 Å². The number of nitro groups is 2. The zero-order valence-corrected chi connectivity index (χ0v) is 12.7. The minimum Gasteiger partial charge on any atom is -0.493 e. The number of hydrogen-bond acceptors (Lipinski definition) is 7. The molecule has 0 aliphatic carbocycles. The number of anilines is 1. The summed E-state index contributed by atoms with van der Waals surface area (Å²) in [5.41, 5.74) is 2.48. The monoisotopic (exact) mass is 330 g/mol. The predicted octanol–water partition coefficient (Wildman–Crippen LogP) is 3.35. The molecule has 2 aromatic rings. The number of hydrazone groups is 1. The van der Waals surface area contributed by atoms with Gasteiger partial charge < -0.3 is 4.74 Å². The van der Waals surface area contributed by atoms with Crippen LogP contribution < -0.4 is 10.2 Å². The van der Waals surface area contributed by atoms with E-state index in [9.17, 15) is 20.2 Å². The molecule has 0 saturated carbocycles. The van der Waals surface area contributed by atoms with Gasteiger partial charge in [-0.3, -0.25) is 25.7 Å². The molecule has 0 spiro atoms. The fourth-order valence-corrected chi connectivity index (χ4v) is 1.92. The molecule has 9 heteroatoms. The Morgan fingerprint density at radius 2 is 1.92 bits per heavy atom. The normalized spacial score (nSPS) is 10.5. The minimum atomic E-state index is -0.709. The molecule has 0 atom stereocenters. The van der Waals surface area contributed by atoms with E-state index in [0.717, 1.165) is 6.07 Å². The molecule has 0 heterocycles. The third kappa shape index (κ3) is 4.03. The average molecular weight is 330 g/mol. The van der Waals surface area contributed by atoms with Gasteiger partial charge in [0, 0.05) is 11.6 Å². The number of rotatable bonds is 7. The lowest BCUT2D eigenvalue weighted by molar-refractivity contribution is -0.393. The van der Waals surface area contributed by atoms with Crippen molar-refractivity contribution in [3.8, 4) is 5.75 Å². The van der Waals surface area contributed by atoms with Crippen molar-refractivity contribution >= 4 is 23.3 Å². The summed E-state index contributed by atoms with van der Waals surface area (Å²) in [5.74, 6) is 0.628. The molecule has 0 radical (unpaired) electrons. The summed E-state index contributed by atoms with van der Waals surface area (Å²) >= 11 is 0. The highest BCUT2D eigenvalue weighted by Crippen LogP contribution is 2.28. The fraction of sp³-hybridized carbons (Fsp3) is 0.133. The molecule has 2 rings (SSSR count). The first-order chi connectivity index (χ1) is 11.5. The van der Waals surface area contributed by atoms with Crippen LogP contribution in [0.15, 0.2) is 47.6 Å². The number of non-ortho nitro benzene ring substituents is 1. The maximum absolute atomic E-state index is 11.0. The first-order valence-corrected chi connectivity index (χ1v) is 6.96. The lowest BCUT2D eigenvalue weighted by Crippen LogP contribution is -2.00. The van der Waals surface area contributed by atoms with E-state index in [1.165, 1.54) is 18.3 Å². The third-order valence-electron chi connectivity index (χ3n) is 3.00. The summed E-state index contributed by atoms with van der Waals surface area (Å²) in [7, 11) is 0. The van der Waals surface area contributed by atoms with E-state index in [0.29, 0.717) is 17.9 Å². The summed E-state index contributed by atoms with van der Waals surface area (Å²) in [6.07, 6.45) is 1.45. The molecule has 0 bridgehead atoms. The second-order valence-electron chi connectivity index (χ2n) is 4.56. The molecule has 0 aromatic heterocycles. The first kappa shape index (κ1) is 16.9. The Morgan fingerprint density at radius 3 is 2.58 bits per heavy atom. The number of benzene rings is 2. The quantitative estimate of drug-likeness (QED) is 0.472. The Morgan fingerprint density at radius 1 is 1.17 bits per heavy atom. The Kier molecular flexibility index (Phi) is 5.40. The zero-order chi connectivity index (χ0) is 17.5. The second-order valence-corrected chi connectivity index (χ2v) is 4.56. The Balaban J connectivity index is 2.23. The van der Waals surface area contributed by atoms with Crippen LogP contribution in [0, 0.1) is 20.2 Å². The van der Waals surface area contributed by atoms with Crippen LogP contribution in [-0.4, -0.2) is 22.7 Å². The van der Waals surface area contributed by atoms with Gasteiger partial charge in [-0.2, -0.15) is 5.10 Å². The van der Waals surface area contributed by atoms with Gasteiger partial charge in [0.25, 0.3) is 5.69 Å². The predicted molar refractivity (Wildman–Crippen MR) is 88.6 cm³/mol. The highest BCUT2D eigenvalue weighted by molar-refractivity contribution is 5.84. The number of nitrogens with zero attached hydrogens (tertiary/aromatic N) is 3. The van der Waals surface area contributed by atoms with Crippen LogP contribution in [0.25, 0.3) is 0 Å². The summed E-state index contributed by atoms with van der Waals surface area (Å²) in [5, 5.41) is 25.7. The van der Waals surface area contributed by atoms with Crippen molar-refractivity contribution in [2.24, 2.45) is 5.10 Å². The molecule has 0 unspecified atom stereocenters. The average Bonchev–Trinajstić information content (AvgIpc) is 2.56. The highest BCUT2D eigenvalue weighted by atomic mass is 16.6. The van der Waals surface area contributed by atoms with E-state index in [1.54, 1.807) is 18.2 Å². The van der Waals surface area contributed by atoms with Crippen LogP contribution in [0.1, 0.15) is 12.5 Å². The maximum atomic E-state index is 11.0. The largest absolute Gasteiger partial charge is 0.493 e. The molecule has 0 aliphatic rings. The van der Waals surface area contributed by atoms with Gasteiger partial charge in [-0.05, 0) is 25.1 Å². The number of para-hydroxylation sites is 1. The van der Waals surface area contributed by atoms with Gasteiger partial charge in [-0.15, -0.1) is 0 Å². The van der Waals surface area contributed by atoms with Crippen LogP contribution in [0.2, 0.25) is 0 Å². The van der Waals surface area contributed by atoms with Crippen molar-refractivity contribution in [3.05, 3.63) is 68.3 Å². The molecule has 0 amide bonds. The van der Waals surface area contributed by atoms with E-state index < -0.39 is 15.5 Å². The van der Waals surface area contributed by atoms with Crippen molar-refractivity contribution in [1.29, 1.82) is 0 Å². The molecule has 0 saturated heterocycles. The summed E-state index contributed by atoms with van der Waals surface area (Å²) < 4.78 is 5.44. The van der Waals surface area contributed by atoms with Crippen LogP contribution in [0.5, 0.6) is 5.75 Å². The van der Waals surface area contributed by atoms with Crippen LogP contribution in [0.4, 0.5) is 17.1 Å². The number of nitrogens with one attached hydrogen (secondary N) is 1. The van der Waals surface area contributed by atoms with Gasteiger partial charge in [0.2, 0.25) is 0 Å². The van der Waals surface area contributed by atoms with E-state index in [-0.39, 0.29) is 11.4 Å². The molecule has 24 heavy (non-hydrogen) atoms. The van der Waals surface area contributed by atoms with Crippen molar-refractivity contribution in [3.63, 3.8) is 0 Å². The summed E-state index contributed by atoms with van der Waals surface area (Å²) in [6.45, 7) is 2.35. The zero-order valence-electron chi connectivity index (χ0n) is 12.7. The molecule has 0 aliphatic heterocycles. The van der Waals surface area contributed by atoms with Gasteiger partial charge in [-0.1, -0.05) is 12.1 Å². The minimum absolute atomic E-state index is 0.0516. The molecule has 0 fully saturated rings. The van der Waals surface area contributed by atoms with Gasteiger partial charge in [-0.25, -0.2) is 0 Å². The van der Waals surface area contributed by atoms with Crippen molar-refractivity contribution in [2.45, 2.75) is 6.92 Å². The van der Waals surface area contributed by atoms with Crippen LogP contribution in [0.3, 0.4) is 0 Å². The van der Waals surface area contributed by atoms with E-state index >= 15 is 0 Å². The van der Waals surface area contributed by atoms with Gasteiger partial charge in [0.1, 0.15) is 11.4 Å². The molecule has 124 valence electrons. The van der Waals surface area contributed by atoms with Crippen molar-refractivity contribution < 1.29 is 14.6 Å². The number of nitro benzene ring substituents is 2. The SMILES string of the molecule is CCOc1ccccc1/C=N/Nc1ccc([N+](=O)[O-])cc1[N+](=O)[O-]. The summed E-state index contributed by atoms with van der Waals surface area (Å²) in [6, 6.07) is 10.5. The highest BCUT2D eigenvalue weighted by Gasteiger charge is 2.19. The fourth-order valence-electron chi connectivity index (χ4n) is 1.92. The lowest BCUT2D eigenvalue weighted by Gasteiger charge is -2.06. The number of ether oxygens (including phenoxy) is 1. The molecular formula is C15H14N4O5. The van der Waals surface area contributed by atoms with Crippen LogP contribution >= 0.6 is 0 Å². The Labute approximate surface area is 136 Å². The van der Waals surface area contributed by atoms with Gasteiger partial charge in [0.15, 0.2) is 0 Å². The number of hydrogen-bond donors (Lipinski definition) is 1.